The van der Waals surface area contributed by atoms with Gasteiger partial charge in [-0.15, -0.1) is 0 Å². The normalized spacial score (nSPS) is 19.2. The minimum atomic E-state index is -0.139. The fourth-order valence-corrected chi connectivity index (χ4v) is 4.65. The van der Waals surface area contributed by atoms with Crippen LogP contribution in [0.2, 0.25) is 0 Å². The van der Waals surface area contributed by atoms with Gasteiger partial charge >= 0.3 is 0 Å². The number of guanidine groups is 1. The molecule has 0 aliphatic carbocycles. The molecule has 1 atom stereocenters. The third kappa shape index (κ3) is 7.40. The van der Waals surface area contributed by atoms with E-state index in [2.05, 4.69) is 58.5 Å². The van der Waals surface area contributed by atoms with Crippen LogP contribution in [0.15, 0.2) is 29.3 Å². The van der Waals surface area contributed by atoms with E-state index in [1.807, 2.05) is 0 Å². The summed E-state index contributed by atoms with van der Waals surface area (Å²) in [6.45, 7) is 11.3. The molecule has 1 amide bonds. The number of hydrogen-bond donors (Lipinski definition) is 3. The number of likely N-dealkylation sites (tertiary alicyclic amines) is 1. The number of nitrogens with two attached hydrogens (primary N) is 1. The van der Waals surface area contributed by atoms with Gasteiger partial charge in [-0.2, -0.15) is 0 Å². The summed E-state index contributed by atoms with van der Waals surface area (Å²) < 4.78 is 0. The summed E-state index contributed by atoms with van der Waals surface area (Å²) in [6.07, 6.45) is 6.57. The molecule has 2 heterocycles. The molecular weight excluding hydrogens is 400 g/mol. The van der Waals surface area contributed by atoms with Crippen LogP contribution in [0.1, 0.15) is 64.0 Å². The van der Waals surface area contributed by atoms with E-state index in [1.165, 1.54) is 37.2 Å². The van der Waals surface area contributed by atoms with Crippen LogP contribution in [-0.4, -0.2) is 62.6 Å². The van der Waals surface area contributed by atoms with Crippen molar-refractivity contribution in [1.29, 1.82) is 0 Å². The number of carbonyl (C=O) groups is 1. The Morgan fingerprint density at radius 1 is 1.19 bits per heavy atom. The van der Waals surface area contributed by atoms with E-state index in [9.17, 15) is 4.79 Å². The maximum Gasteiger partial charge on any atom is 0.220 e. The van der Waals surface area contributed by atoms with E-state index in [4.69, 9.17) is 10.7 Å². The molecule has 4 N–H and O–H groups in total. The van der Waals surface area contributed by atoms with Crippen molar-refractivity contribution in [2.75, 3.05) is 50.7 Å². The molecule has 0 saturated carbocycles. The van der Waals surface area contributed by atoms with Crippen molar-refractivity contribution in [3.8, 4) is 0 Å². The summed E-state index contributed by atoms with van der Waals surface area (Å²) in [6, 6.07) is 9.09. The average Bonchev–Trinajstić information content (AvgIpc) is 3.34. The second-order valence-corrected chi connectivity index (χ2v) is 9.14. The second kappa shape index (κ2) is 12.7. The Labute approximate surface area is 193 Å². The lowest BCUT2D eigenvalue weighted by atomic mass is 9.96. The van der Waals surface area contributed by atoms with Gasteiger partial charge in [0.15, 0.2) is 5.96 Å². The molecule has 1 aromatic rings. The van der Waals surface area contributed by atoms with Gasteiger partial charge in [-0.1, -0.05) is 12.1 Å². The topological polar surface area (TPSA) is 86.0 Å². The maximum atomic E-state index is 11.3. The van der Waals surface area contributed by atoms with E-state index < -0.39 is 0 Å². The summed E-state index contributed by atoms with van der Waals surface area (Å²) >= 11 is 0. The van der Waals surface area contributed by atoms with E-state index in [-0.39, 0.29) is 17.9 Å². The maximum absolute atomic E-state index is 11.3. The van der Waals surface area contributed by atoms with Gasteiger partial charge in [0.2, 0.25) is 5.91 Å². The highest BCUT2D eigenvalue weighted by Gasteiger charge is 2.22. The van der Waals surface area contributed by atoms with Crippen LogP contribution in [0.3, 0.4) is 0 Å². The first-order valence-electron chi connectivity index (χ1n) is 12.5. The fraction of sp³-hybridized carbons (Fsp3) is 0.680. The molecule has 2 aliphatic heterocycles. The molecule has 7 heteroatoms. The van der Waals surface area contributed by atoms with Gasteiger partial charge in [0.25, 0.3) is 0 Å². The summed E-state index contributed by atoms with van der Waals surface area (Å²) in [5.41, 5.74) is 8.05. The first-order valence-corrected chi connectivity index (χ1v) is 12.5. The molecule has 0 aromatic heterocycles. The second-order valence-electron chi connectivity index (χ2n) is 9.14. The Hall–Kier alpha value is -2.28. The molecule has 178 valence electrons. The molecule has 0 radical (unpaired) electrons. The lowest BCUT2D eigenvalue weighted by molar-refractivity contribution is -0.123. The van der Waals surface area contributed by atoms with Crippen LogP contribution < -0.4 is 21.3 Å². The van der Waals surface area contributed by atoms with Crippen molar-refractivity contribution < 1.29 is 4.79 Å². The van der Waals surface area contributed by atoms with Crippen LogP contribution in [0.5, 0.6) is 0 Å². The predicted molar refractivity (Wildman–Crippen MR) is 133 cm³/mol. The highest BCUT2D eigenvalue weighted by molar-refractivity contribution is 5.80. The van der Waals surface area contributed by atoms with E-state index in [0.29, 0.717) is 0 Å². The molecule has 1 aromatic carbocycles. The zero-order valence-corrected chi connectivity index (χ0v) is 20.0. The minimum absolute atomic E-state index is 0.0719. The number of carbonyl (C=O) groups excluding carboxylic acids is 1. The van der Waals surface area contributed by atoms with Crippen molar-refractivity contribution in [1.82, 2.24) is 15.5 Å². The van der Waals surface area contributed by atoms with Crippen LogP contribution in [-0.2, 0) is 4.79 Å². The quantitative estimate of drug-likeness (QED) is 0.295. The number of anilines is 1. The number of nitrogens with one attached hydrogen (secondary N) is 2. The number of nitrogens with zero attached hydrogens (tertiary/aromatic N) is 3. The zero-order chi connectivity index (χ0) is 22.8. The minimum Gasteiger partial charge on any atom is -0.372 e. The van der Waals surface area contributed by atoms with Gasteiger partial charge < -0.3 is 26.2 Å². The smallest absolute Gasteiger partial charge is 0.220 e. The standard InChI is InChI=1S/C25H42N6O/c1-3-27-25(28-13-4-5-14-30-17-11-21(12-18-30)24(26)32)29-20(2)22-9-8-10-23(19-22)31-15-6-7-16-31/h8-10,19-21H,3-7,11-18H2,1-2H3,(H2,26,32)(H2,27,28,29). The molecule has 3 rings (SSSR count). The van der Waals surface area contributed by atoms with Gasteiger partial charge in [0, 0.05) is 37.8 Å². The highest BCUT2D eigenvalue weighted by atomic mass is 16.1. The van der Waals surface area contributed by atoms with Crippen LogP contribution in [0.25, 0.3) is 0 Å². The van der Waals surface area contributed by atoms with Crippen LogP contribution in [0, 0.1) is 5.92 Å². The summed E-state index contributed by atoms with van der Waals surface area (Å²) in [4.78, 5) is 21.0. The summed E-state index contributed by atoms with van der Waals surface area (Å²) in [5.74, 6) is 0.816. The summed E-state index contributed by atoms with van der Waals surface area (Å²) in [5, 5.41) is 6.96. The number of amides is 1. The van der Waals surface area contributed by atoms with E-state index in [1.54, 1.807) is 0 Å². The number of rotatable bonds is 10. The fourth-order valence-electron chi connectivity index (χ4n) is 4.65. The molecule has 7 nitrogen and oxygen atoms in total. The number of primary amides is 1. The van der Waals surface area contributed by atoms with Gasteiger partial charge in [0.1, 0.15) is 0 Å². The molecule has 0 spiro atoms. The van der Waals surface area contributed by atoms with Gasteiger partial charge in [0.05, 0.1) is 6.04 Å². The zero-order valence-electron chi connectivity index (χ0n) is 20.0. The molecule has 2 aliphatic rings. The molecule has 32 heavy (non-hydrogen) atoms. The van der Waals surface area contributed by atoms with Crippen molar-refractivity contribution >= 4 is 17.6 Å². The van der Waals surface area contributed by atoms with Gasteiger partial charge in [-0.3, -0.25) is 9.79 Å². The Balaban J connectivity index is 1.42. The van der Waals surface area contributed by atoms with Gasteiger partial charge in [-0.25, -0.2) is 0 Å². The molecule has 1 unspecified atom stereocenters. The monoisotopic (exact) mass is 442 g/mol. The average molecular weight is 443 g/mol. The van der Waals surface area contributed by atoms with Crippen molar-refractivity contribution in [3.05, 3.63) is 29.8 Å². The van der Waals surface area contributed by atoms with Crippen LogP contribution in [0.4, 0.5) is 5.69 Å². The number of aliphatic imine (C=N–C) groups is 1. The molecule has 0 bridgehead atoms. The van der Waals surface area contributed by atoms with Crippen LogP contribution >= 0.6 is 0 Å². The first kappa shape index (κ1) is 24.4. The molecule has 2 fully saturated rings. The molecule has 2 saturated heterocycles. The van der Waals surface area contributed by atoms with Crippen molar-refractivity contribution in [2.24, 2.45) is 16.6 Å². The third-order valence-corrected chi connectivity index (χ3v) is 6.68. The number of hydrogen-bond acceptors (Lipinski definition) is 4. The number of benzene rings is 1. The number of unbranched alkanes of at least 4 members (excludes halogenated alkanes) is 1. The highest BCUT2D eigenvalue weighted by Crippen LogP contribution is 2.24. The van der Waals surface area contributed by atoms with E-state index in [0.717, 1.165) is 64.4 Å². The lowest BCUT2D eigenvalue weighted by Gasteiger charge is -2.30. The Morgan fingerprint density at radius 3 is 2.62 bits per heavy atom. The first-order chi connectivity index (χ1) is 15.6. The lowest BCUT2D eigenvalue weighted by Crippen LogP contribution is -2.39. The van der Waals surface area contributed by atoms with Crippen molar-refractivity contribution in [3.63, 3.8) is 0 Å². The van der Waals surface area contributed by atoms with Crippen molar-refractivity contribution in [2.45, 2.75) is 58.4 Å². The summed E-state index contributed by atoms with van der Waals surface area (Å²) in [7, 11) is 0. The third-order valence-electron chi connectivity index (χ3n) is 6.68. The van der Waals surface area contributed by atoms with Gasteiger partial charge in [-0.05, 0) is 89.7 Å². The predicted octanol–water partition coefficient (Wildman–Crippen LogP) is 2.88. The number of piperidine rings is 1. The van der Waals surface area contributed by atoms with E-state index >= 15 is 0 Å². The largest absolute Gasteiger partial charge is 0.372 e. The SMILES string of the molecule is CCNC(=NCCCCN1CCC(C(N)=O)CC1)NC(C)c1cccc(N2CCCC2)c1. The Morgan fingerprint density at radius 2 is 1.94 bits per heavy atom. The Kier molecular flexibility index (Phi) is 9.65. The molecular formula is C25H42N6O. The Bertz CT molecular complexity index is 738.